The highest BCUT2D eigenvalue weighted by molar-refractivity contribution is 5.89. The molecular formula is C16H19N3O3. The highest BCUT2D eigenvalue weighted by atomic mass is 16.4. The van der Waals surface area contributed by atoms with Gasteiger partial charge < -0.3 is 20.7 Å². The normalized spacial score (nSPS) is 19.5. The predicted molar refractivity (Wildman–Crippen MR) is 82.3 cm³/mol. The molecule has 1 aliphatic heterocycles. The summed E-state index contributed by atoms with van der Waals surface area (Å²) >= 11 is 0. The predicted octanol–water partition coefficient (Wildman–Crippen LogP) is 1.11. The maximum Gasteiger partial charge on any atom is 0.326 e. The molecule has 1 aromatic heterocycles. The topological polar surface area (TPSA) is 99.4 Å². The second-order valence-corrected chi connectivity index (χ2v) is 5.70. The zero-order valence-electron chi connectivity index (χ0n) is 12.2. The molecule has 1 aromatic carbocycles. The Labute approximate surface area is 127 Å². The van der Waals surface area contributed by atoms with Gasteiger partial charge in [0.05, 0.1) is 6.04 Å². The number of aromatic nitrogens is 1. The Kier molecular flexibility index (Phi) is 3.85. The fourth-order valence-electron chi connectivity index (χ4n) is 3.12. The molecule has 2 heterocycles. The van der Waals surface area contributed by atoms with Gasteiger partial charge in [-0.05, 0) is 30.9 Å². The average molecular weight is 301 g/mol. The maximum atomic E-state index is 12.4. The molecule has 6 nitrogen and oxygen atoms in total. The summed E-state index contributed by atoms with van der Waals surface area (Å²) in [5, 5.41) is 10.2. The van der Waals surface area contributed by atoms with Crippen molar-refractivity contribution < 1.29 is 14.7 Å². The number of benzene rings is 1. The number of nitrogens with zero attached hydrogens (tertiary/aromatic N) is 1. The molecule has 1 saturated heterocycles. The van der Waals surface area contributed by atoms with Crippen LogP contribution in [0.1, 0.15) is 18.4 Å². The van der Waals surface area contributed by atoms with Crippen LogP contribution < -0.4 is 5.73 Å². The lowest BCUT2D eigenvalue weighted by atomic mass is 10.0. The summed E-state index contributed by atoms with van der Waals surface area (Å²) in [4.78, 5) is 28.2. The number of carbonyl (C=O) groups excluding carboxylic acids is 1. The molecular weight excluding hydrogens is 282 g/mol. The van der Waals surface area contributed by atoms with Crippen molar-refractivity contribution in [2.24, 2.45) is 5.73 Å². The Morgan fingerprint density at radius 3 is 2.95 bits per heavy atom. The van der Waals surface area contributed by atoms with Crippen LogP contribution >= 0.6 is 0 Å². The zero-order valence-corrected chi connectivity index (χ0v) is 12.2. The van der Waals surface area contributed by atoms with Crippen molar-refractivity contribution in [1.82, 2.24) is 9.88 Å². The first-order valence-electron chi connectivity index (χ1n) is 7.42. The first-order valence-corrected chi connectivity index (χ1v) is 7.42. The van der Waals surface area contributed by atoms with Crippen molar-refractivity contribution in [3.05, 3.63) is 36.0 Å². The number of para-hydroxylation sites is 1. The number of aromatic amines is 1. The second-order valence-electron chi connectivity index (χ2n) is 5.70. The van der Waals surface area contributed by atoms with Crippen LogP contribution in [0.4, 0.5) is 0 Å². The fourth-order valence-corrected chi connectivity index (χ4v) is 3.12. The van der Waals surface area contributed by atoms with Gasteiger partial charge in [-0.25, -0.2) is 4.79 Å². The SMILES string of the molecule is NC(Cc1c[nH]c2ccccc12)C(=O)N1CCCC1C(=O)O. The van der Waals surface area contributed by atoms with Gasteiger partial charge in [0.25, 0.3) is 0 Å². The molecule has 0 radical (unpaired) electrons. The zero-order chi connectivity index (χ0) is 15.7. The number of hydrogen-bond acceptors (Lipinski definition) is 3. The smallest absolute Gasteiger partial charge is 0.326 e. The summed E-state index contributed by atoms with van der Waals surface area (Å²) in [6.07, 6.45) is 3.46. The summed E-state index contributed by atoms with van der Waals surface area (Å²) in [5.74, 6) is -1.24. The Morgan fingerprint density at radius 2 is 2.18 bits per heavy atom. The lowest BCUT2D eigenvalue weighted by molar-refractivity contribution is -0.148. The molecule has 0 spiro atoms. The van der Waals surface area contributed by atoms with Gasteiger partial charge >= 0.3 is 5.97 Å². The van der Waals surface area contributed by atoms with E-state index in [9.17, 15) is 14.7 Å². The first kappa shape index (κ1) is 14.6. The third-order valence-electron chi connectivity index (χ3n) is 4.25. The van der Waals surface area contributed by atoms with Crippen LogP contribution in [0.3, 0.4) is 0 Å². The van der Waals surface area contributed by atoms with E-state index in [1.807, 2.05) is 30.5 Å². The number of carbonyl (C=O) groups is 2. The van der Waals surface area contributed by atoms with Crippen LogP contribution in [0.5, 0.6) is 0 Å². The van der Waals surface area contributed by atoms with Crippen LogP contribution in [-0.2, 0) is 16.0 Å². The van der Waals surface area contributed by atoms with Crippen LogP contribution in [0.25, 0.3) is 10.9 Å². The third-order valence-corrected chi connectivity index (χ3v) is 4.25. The van der Waals surface area contributed by atoms with E-state index in [0.717, 1.165) is 16.5 Å². The highest BCUT2D eigenvalue weighted by Gasteiger charge is 2.36. The third kappa shape index (κ3) is 2.57. The number of nitrogens with two attached hydrogens (primary N) is 1. The molecule has 0 aliphatic carbocycles. The summed E-state index contributed by atoms with van der Waals surface area (Å²) in [7, 11) is 0. The van der Waals surface area contributed by atoms with E-state index < -0.39 is 18.1 Å². The molecule has 2 atom stereocenters. The standard InChI is InChI=1S/C16H19N3O3/c17-12(15(20)19-7-3-6-14(19)16(21)22)8-10-9-18-13-5-2-1-4-11(10)13/h1-2,4-5,9,12,14,18H,3,6-8,17H2,(H,21,22). The summed E-state index contributed by atoms with van der Waals surface area (Å²) in [6, 6.07) is 6.37. The van der Waals surface area contributed by atoms with E-state index in [1.54, 1.807) is 0 Å². The number of aliphatic carboxylic acids is 1. The van der Waals surface area contributed by atoms with Crippen LogP contribution in [0, 0.1) is 0 Å². The van der Waals surface area contributed by atoms with E-state index in [2.05, 4.69) is 4.98 Å². The minimum Gasteiger partial charge on any atom is -0.480 e. The summed E-state index contributed by atoms with van der Waals surface area (Å²) in [6.45, 7) is 0.470. The van der Waals surface area contributed by atoms with Gasteiger partial charge in [-0.2, -0.15) is 0 Å². The number of likely N-dealkylation sites (tertiary alicyclic amines) is 1. The molecule has 0 bridgehead atoms. The summed E-state index contributed by atoms with van der Waals surface area (Å²) in [5.41, 5.74) is 8.02. The van der Waals surface area contributed by atoms with E-state index in [4.69, 9.17) is 5.73 Å². The van der Waals surface area contributed by atoms with Gasteiger partial charge in [0.1, 0.15) is 6.04 Å². The molecule has 1 aliphatic rings. The molecule has 0 saturated carbocycles. The lowest BCUT2D eigenvalue weighted by Crippen LogP contribution is -2.49. The van der Waals surface area contributed by atoms with Crippen molar-refractivity contribution in [2.75, 3.05) is 6.54 Å². The molecule has 3 rings (SSSR count). The molecule has 2 unspecified atom stereocenters. The fraction of sp³-hybridized carbons (Fsp3) is 0.375. The van der Waals surface area contributed by atoms with Crippen molar-refractivity contribution in [2.45, 2.75) is 31.3 Å². The minimum atomic E-state index is -0.954. The van der Waals surface area contributed by atoms with Crippen LogP contribution in [0.15, 0.2) is 30.5 Å². The average Bonchev–Trinajstić information content (AvgIpc) is 3.14. The largest absolute Gasteiger partial charge is 0.480 e. The lowest BCUT2D eigenvalue weighted by Gasteiger charge is -2.24. The molecule has 6 heteroatoms. The van der Waals surface area contributed by atoms with Crippen LogP contribution in [0.2, 0.25) is 0 Å². The van der Waals surface area contributed by atoms with Crippen molar-refractivity contribution in [3.8, 4) is 0 Å². The van der Waals surface area contributed by atoms with Gasteiger partial charge in [-0.1, -0.05) is 18.2 Å². The molecule has 1 fully saturated rings. The highest BCUT2D eigenvalue weighted by Crippen LogP contribution is 2.22. The molecule has 1 amide bonds. The second kappa shape index (κ2) is 5.81. The van der Waals surface area contributed by atoms with E-state index >= 15 is 0 Å². The Bertz CT molecular complexity index is 709. The molecule has 4 N–H and O–H groups in total. The van der Waals surface area contributed by atoms with E-state index in [0.29, 0.717) is 25.8 Å². The Balaban J connectivity index is 1.75. The van der Waals surface area contributed by atoms with Crippen LogP contribution in [-0.4, -0.2) is 45.5 Å². The number of carboxylic acid groups (broad SMARTS) is 1. The van der Waals surface area contributed by atoms with E-state index in [1.165, 1.54) is 4.90 Å². The van der Waals surface area contributed by atoms with Gasteiger partial charge in [-0.15, -0.1) is 0 Å². The van der Waals surface area contributed by atoms with Gasteiger partial charge in [0, 0.05) is 23.6 Å². The Hall–Kier alpha value is -2.34. The Morgan fingerprint density at radius 1 is 1.41 bits per heavy atom. The number of fused-ring (bicyclic) bond motifs is 1. The quantitative estimate of drug-likeness (QED) is 0.787. The van der Waals surface area contributed by atoms with Gasteiger partial charge in [-0.3, -0.25) is 4.79 Å². The number of nitrogens with one attached hydrogen (secondary N) is 1. The van der Waals surface area contributed by atoms with Gasteiger partial charge in [0.2, 0.25) is 5.91 Å². The van der Waals surface area contributed by atoms with E-state index in [-0.39, 0.29) is 5.91 Å². The number of H-pyrrole nitrogens is 1. The van der Waals surface area contributed by atoms with Crippen molar-refractivity contribution in [1.29, 1.82) is 0 Å². The minimum absolute atomic E-state index is 0.282. The number of rotatable bonds is 4. The van der Waals surface area contributed by atoms with Crippen molar-refractivity contribution >= 4 is 22.8 Å². The maximum absolute atomic E-state index is 12.4. The molecule has 2 aromatic rings. The number of carboxylic acids is 1. The summed E-state index contributed by atoms with van der Waals surface area (Å²) < 4.78 is 0. The van der Waals surface area contributed by atoms with Crippen molar-refractivity contribution in [3.63, 3.8) is 0 Å². The number of hydrogen-bond donors (Lipinski definition) is 3. The first-order chi connectivity index (χ1) is 10.6. The molecule has 116 valence electrons. The van der Waals surface area contributed by atoms with Gasteiger partial charge in [0.15, 0.2) is 0 Å². The monoisotopic (exact) mass is 301 g/mol. The molecule has 22 heavy (non-hydrogen) atoms. The number of amides is 1.